The summed E-state index contributed by atoms with van der Waals surface area (Å²) in [6.45, 7) is 2.82. The second kappa shape index (κ2) is 10.9. The van der Waals surface area contributed by atoms with Crippen LogP contribution in [0, 0.1) is 0 Å². The molecule has 0 aromatic heterocycles. The zero-order chi connectivity index (χ0) is 14.9. The number of aliphatic imine (C=N–C) groups is 1. The highest BCUT2D eigenvalue weighted by molar-refractivity contribution is 14.0. The second-order valence-electron chi connectivity index (χ2n) is 4.79. The molecule has 2 N–H and O–H groups in total. The molecule has 1 aliphatic rings. The molecule has 1 heterocycles. The molecule has 1 atom stereocenters. The molecule has 0 radical (unpaired) electrons. The van der Waals surface area contributed by atoms with Crippen LogP contribution in [0.4, 0.5) is 0 Å². The number of ether oxygens (including phenoxy) is 2. The first kappa shape index (κ1) is 19.3. The first-order chi connectivity index (χ1) is 10.3. The molecule has 5 nitrogen and oxygen atoms in total. The molecule has 2 rings (SSSR count). The third-order valence-electron chi connectivity index (χ3n) is 3.23. The van der Waals surface area contributed by atoms with E-state index in [2.05, 4.69) is 15.6 Å². The van der Waals surface area contributed by atoms with Gasteiger partial charge in [0.05, 0.1) is 17.7 Å². The summed E-state index contributed by atoms with van der Waals surface area (Å²) in [5.74, 6) is 1.46. The molecule has 1 unspecified atom stereocenters. The average Bonchev–Trinajstić information content (AvgIpc) is 3.01. The molecule has 1 aromatic carbocycles. The number of nitrogens with one attached hydrogen (secondary N) is 2. The number of halogens is 2. The summed E-state index contributed by atoms with van der Waals surface area (Å²) in [6.07, 6.45) is 2.55. The van der Waals surface area contributed by atoms with Crippen molar-refractivity contribution in [1.82, 2.24) is 10.6 Å². The highest BCUT2D eigenvalue weighted by Crippen LogP contribution is 2.22. The number of hydrogen-bond acceptors (Lipinski definition) is 3. The molecule has 1 aliphatic heterocycles. The molecule has 0 spiro atoms. The first-order valence-corrected chi connectivity index (χ1v) is 7.61. The fraction of sp³-hybridized carbons (Fsp3) is 0.533. The summed E-state index contributed by atoms with van der Waals surface area (Å²) in [5.41, 5.74) is 0. The van der Waals surface area contributed by atoms with Gasteiger partial charge in [0.15, 0.2) is 5.96 Å². The van der Waals surface area contributed by atoms with Gasteiger partial charge in [0.25, 0.3) is 0 Å². The second-order valence-corrected chi connectivity index (χ2v) is 5.20. The fourth-order valence-corrected chi connectivity index (χ4v) is 2.32. The largest absolute Gasteiger partial charge is 0.490 e. The van der Waals surface area contributed by atoms with Crippen molar-refractivity contribution in [3.05, 3.63) is 29.3 Å². The van der Waals surface area contributed by atoms with E-state index in [4.69, 9.17) is 21.1 Å². The van der Waals surface area contributed by atoms with Gasteiger partial charge in [-0.1, -0.05) is 23.7 Å². The lowest BCUT2D eigenvalue weighted by Gasteiger charge is -2.15. The quantitative estimate of drug-likeness (QED) is 0.310. The fourth-order valence-electron chi connectivity index (χ4n) is 2.13. The number of nitrogens with zero attached hydrogens (tertiary/aromatic N) is 1. The highest BCUT2D eigenvalue weighted by Gasteiger charge is 2.15. The minimum absolute atomic E-state index is 0. The smallest absolute Gasteiger partial charge is 0.191 e. The van der Waals surface area contributed by atoms with Crippen molar-refractivity contribution >= 4 is 41.5 Å². The number of guanidine groups is 1. The van der Waals surface area contributed by atoms with Crippen molar-refractivity contribution in [2.45, 2.75) is 18.9 Å². The molecule has 0 bridgehead atoms. The average molecular weight is 440 g/mol. The van der Waals surface area contributed by atoms with Gasteiger partial charge in [-0.15, -0.1) is 24.0 Å². The zero-order valence-electron chi connectivity index (χ0n) is 12.7. The highest BCUT2D eigenvalue weighted by atomic mass is 127. The van der Waals surface area contributed by atoms with Crippen LogP contribution < -0.4 is 15.4 Å². The van der Waals surface area contributed by atoms with Crippen LogP contribution in [-0.2, 0) is 4.74 Å². The van der Waals surface area contributed by atoms with Crippen LogP contribution in [0.15, 0.2) is 29.3 Å². The molecular formula is C15H23ClIN3O2. The molecule has 0 aliphatic carbocycles. The first-order valence-electron chi connectivity index (χ1n) is 7.23. The van der Waals surface area contributed by atoms with Crippen LogP contribution in [0.25, 0.3) is 0 Å². The van der Waals surface area contributed by atoms with Crippen molar-refractivity contribution in [2.75, 3.05) is 33.4 Å². The Kier molecular flexibility index (Phi) is 9.58. The van der Waals surface area contributed by atoms with E-state index < -0.39 is 0 Å². The van der Waals surface area contributed by atoms with E-state index in [1.807, 2.05) is 24.3 Å². The Labute approximate surface area is 153 Å². The molecule has 1 aromatic rings. The Bertz CT molecular complexity index is 468. The number of benzene rings is 1. The summed E-state index contributed by atoms with van der Waals surface area (Å²) in [6, 6.07) is 7.44. The summed E-state index contributed by atoms with van der Waals surface area (Å²) >= 11 is 6.02. The van der Waals surface area contributed by atoms with E-state index in [-0.39, 0.29) is 24.0 Å². The van der Waals surface area contributed by atoms with Gasteiger partial charge < -0.3 is 20.1 Å². The summed E-state index contributed by atoms with van der Waals surface area (Å²) < 4.78 is 11.2. The van der Waals surface area contributed by atoms with Crippen LogP contribution >= 0.6 is 35.6 Å². The number of para-hydroxylation sites is 1. The van der Waals surface area contributed by atoms with Gasteiger partial charge in [-0.3, -0.25) is 4.99 Å². The Hall–Kier alpha value is -0.730. The van der Waals surface area contributed by atoms with Crippen LogP contribution in [0.1, 0.15) is 12.8 Å². The van der Waals surface area contributed by atoms with E-state index in [1.54, 1.807) is 7.05 Å². The standard InChI is InChI=1S/C15H22ClN3O2.HI/c1-17-15(19-11-12-5-4-9-20-12)18-8-10-21-14-7-3-2-6-13(14)16;/h2-3,6-7,12H,4-5,8-11H2,1H3,(H2,17,18,19);1H. The molecule has 0 amide bonds. The van der Waals surface area contributed by atoms with E-state index >= 15 is 0 Å². The van der Waals surface area contributed by atoms with Crippen molar-refractivity contribution in [3.63, 3.8) is 0 Å². The van der Waals surface area contributed by atoms with Crippen LogP contribution in [0.2, 0.25) is 5.02 Å². The molecule has 7 heteroatoms. The van der Waals surface area contributed by atoms with Gasteiger partial charge in [0.1, 0.15) is 12.4 Å². The predicted molar refractivity (Wildman–Crippen MR) is 101 cm³/mol. The summed E-state index contributed by atoms with van der Waals surface area (Å²) in [4.78, 5) is 4.17. The van der Waals surface area contributed by atoms with E-state index in [0.29, 0.717) is 30.0 Å². The Balaban J connectivity index is 0.00000242. The van der Waals surface area contributed by atoms with Gasteiger partial charge >= 0.3 is 0 Å². The van der Waals surface area contributed by atoms with Gasteiger partial charge in [0.2, 0.25) is 0 Å². The SMILES string of the molecule is CN=C(NCCOc1ccccc1Cl)NCC1CCCO1.I. The molecule has 124 valence electrons. The van der Waals surface area contributed by atoms with E-state index in [0.717, 1.165) is 32.0 Å². The maximum Gasteiger partial charge on any atom is 0.191 e. The van der Waals surface area contributed by atoms with Crippen molar-refractivity contribution < 1.29 is 9.47 Å². The molecule has 1 saturated heterocycles. The predicted octanol–water partition coefficient (Wildman–Crippen LogP) is 2.68. The third kappa shape index (κ3) is 6.58. The third-order valence-corrected chi connectivity index (χ3v) is 3.55. The topological polar surface area (TPSA) is 54.9 Å². The van der Waals surface area contributed by atoms with Gasteiger partial charge in [0, 0.05) is 20.2 Å². The minimum atomic E-state index is 0. The summed E-state index contributed by atoms with van der Waals surface area (Å²) in [5, 5.41) is 7.08. The monoisotopic (exact) mass is 439 g/mol. The number of hydrogen-bond donors (Lipinski definition) is 2. The Morgan fingerprint density at radius 1 is 1.41 bits per heavy atom. The van der Waals surface area contributed by atoms with Gasteiger partial charge in [-0.25, -0.2) is 0 Å². The Morgan fingerprint density at radius 2 is 2.23 bits per heavy atom. The van der Waals surface area contributed by atoms with E-state index in [1.165, 1.54) is 0 Å². The molecule has 22 heavy (non-hydrogen) atoms. The maximum atomic E-state index is 6.02. The van der Waals surface area contributed by atoms with Crippen molar-refractivity contribution in [2.24, 2.45) is 4.99 Å². The summed E-state index contributed by atoms with van der Waals surface area (Å²) in [7, 11) is 1.75. The van der Waals surface area contributed by atoms with E-state index in [9.17, 15) is 0 Å². The number of rotatable bonds is 6. The normalized spacial score (nSPS) is 17.7. The lowest BCUT2D eigenvalue weighted by molar-refractivity contribution is 0.114. The van der Waals surface area contributed by atoms with Gasteiger partial charge in [-0.05, 0) is 25.0 Å². The van der Waals surface area contributed by atoms with Crippen molar-refractivity contribution in [3.8, 4) is 5.75 Å². The van der Waals surface area contributed by atoms with Gasteiger partial charge in [-0.2, -0.15) is 0 Å². The van der Waals surface area contributed by atoms with Crippen LogP contribution in [0.5, 0.6) is 5.75 Å². The molecule has 0 saturated carbocycles. The zero-order valence-corrected chi connectivity index (χ0v) is 15.8. The molecule has 1 fully saturated rings. The van der Waals surface area contributed by atoms with Crippen LogP contribution in [-0.4, -0.2) is 45.4 Å². The maximum absolute atomic E-state index is 6.02. The minimum Gasteiger partial charge on any atom is -0.490 e. The lowest BCUT2D eigenvalue weighted by atomic mass is 10.2. The van der Waals surface area contributed by atoms with Crippen LogP contribution in [0.3, 0.4) is 0 Å². The van der Waals surface area contributed by atoms with Crippen molar-refractivity contribution in [1.29, 1.82) is 0 Å². The molecular weight excluding hydrogens is 417 g/mol. The lowest BCUT2D eigenvalue weighted by Crippen LogP contribution is -2.42. The Morgan fingerprint density at radius 3 is 2.91 bits per heavy atom.